The molecular weight excluding hydrogens is 440 g/mol. The van der Waals surface area contributed by atoms with Crippen LogP contribution < -0.4 is 14.5 Å². The number of benzene rings is 2. The number of anilines is 1. The Hall–Kier alpha value is -3.94. The minimum atomic E-state index is -0.209. The van der Waals surface area contributed by atoms with Crippen molar-refractivity contribution in [1.29, 1.82) is 0 Å². The van der Waals surface area contributed by atoms with Crippen LogP contribution in [0.25, 0.3) is 10.8 Å². The van der Waals surface area contributed by atoms with Gasteiger partial charge in [0.05, 0.1) is 27.2 Å². The summed E-state index contributed by atoms with van der Waals surface area (Å²) in [6.07, 6.45) is 13.8. The number of carbonyl (C=O) groups is 2. The van der Waals surface area contributed by atoms with Crippen molar-refractivity contribution in [2.24, 2.45) is 14.1 Å². The quantitative estimate of drug-likeness (QED) is 0.230. The number of rotatable bonds is 9. The maximum atomic E-state index is 13.3. The topological polar surface area (TPSA) is 67.0 Å². The molecular formula is C27H34N6O2+2. The molecule has 0 radical (unpaired) electrons. The van der Waals surface area contributed by atoms with Gasteiger partial charge >= 0.3 is 0 Å². The Morgan fingerprint density at radius 3 is 2.06 bits per heavy atom. The molecule has 0 unspecified atom stereocenters. The maximum Gasteiger partial charge on any atom is 0.261 e. The highest BCUT2D eigenvalue weighted by atomic mass is 16.2. The van der Waals surface area contributed by atoms with Crippen molar-refractivity contribution >= 4 is 28.3 Å². The van der Waals surface area contributed by atoms with E-state index in [0.29, 0.717) is 24.1 Å². The Morgan fingerprint density at radius 1 is 0.800 bits per heavy atom. The van der Waals surface area contributed by atoms with Gasteiger partial charge in [-0.05, 0) is 18.2 Å². The molecule has 0 atom stereocenters. The Bertz CT molecular complexity index is 1350. The summed E-state index contributed by atoms with van der Waals surface area (Å²) in [5.41, 5.74) is 2.15. The van der Waals surface area contributed by atoms with Gasteiger partial charge in [-0.2, -0.15) is 0 Å². The fraction of sp³-hybridized carbons (Fsp3) is 0.333. The third kappa shape index (κ3) is 4.82. The standard InChI is InChI=1S/C26H29N6O2.CH4/c1-28-14-16-30(18-28)11-4-10-27-23-9-8-22-24-20(23)6-3-7-21(24)25(33)32(26(22)34)13-5-12-31-17-15-29(2)19-31;/h3,6-9,14-19H,4-5,10-13H2,1-2H3;1H4/q+1;/p+1. The summed E-state index contributed by atoms with van der Waals surface area (Å²) in [5, 5.41) is 5.18. The number of aryl methyl sites for hydroxylation is 4. The van der Waals surface area contributed by atoms with Crippen molar-refractivity contribution in [2.45, 2.75) is 33.4 Å². The molecule has 8 heteroatoms. The molecule has 1 aliphatic rings. The highest BCUT2D eigenvalue weighted by Crippen LogP contribution is 2.34. The molecule has 0 fully saturated rings. The Kier molecular flexibility index (Phi) is 7.00. The van der Waals surface area contributed by atoms with E-state index in [9.17, 15) is 9.59 Å². The molecule has 1 N–H and O–H groups in total. The summed E-state index contributed by atoms with van der Waals surface area (Å²) in [4.78, 5) is 27.9. The van der Waals surface area contributed by atoms with Crippen LogP contribution >= 0.6 is 0 Å². The SMILES string of the molecule is C.C[n+]1ccn(CCCNc2ccc3c4c(cccc24)C(=O)N(CCCn2cc[n+](C)c2)C3=O)c1. The summed E-state index contributed by atoms with van der Waals surface area (Å²) < 4.78 is 8.21. The molecule has 0 aliphatic carbocycles. The predicted molar refractivity (Wildman–Crippen MR) is 135 cm³/mol. The average Bonchev–Trinajstić information content (AvgIpc) is 3.45. The van der Waals surface area contributed by atoms with E-state index in [1.807, 2.05) is 78.5 Å². The first kappa shape index (κ1) is 24.2. The average molecular weight is 475 g/mol. The molecule has 2 aromatic heterocycles. The lowest BCUT2D eigenvalue weighted by Gasteiger charge is -2.27. The van der Waals surface area contributed by atoms with E-state index in [0.717, 1.165) is 42.5 Å². The van der Waals surface area contributed by atoms with Crippen molar-refractivity contribution in [3.05, 3.63) is 78.9 Å². The first-order valence-corrected chi connectivity index (χ1v) is 11.7. The fourth-order valence-electron chi connectivity index (χ4n) is 4.67. The second-order valence-electron chi connectivity index (χ2n) is 8.92. The van der Waals surface area contributed by atoms with Crippen LogP contribution in [0.5, 0.6) is 0 Å². The Morgan fingerprint density at radius 2 is 1.43 bits per heavy atom. The second-order valence-corrected chi connectivity index (χ2v) is 8.92. The largest absolute Gasteiger partial charge is 0.384 e. The van der Waals surface area contributed by atoms with Gasteiger partial charge in [-0.15, -0.1) is 0 Å². The summed E-state index contributed by atoms with van der Waals surface area (Å²) in [5.74, 6) is -0.419. The van der Waals surface area contributed by atoms with Crippen molar-refractivity contribution in [3.8, 4) is 0 Å². The number of imidazole rings is 2. The lowest BCUT2D eigenvalue weighted by atomic mass is 9.93. The van der Waals surface area contributed by atoms with Crippen LogP contribution in [0.2, 0.25) is 0 Å². The maximum absolute atomic E-state index is 13.3. The molecule has 182 valence electrons. The summed E-state index contributed by atoms with van der Waals surface area (Å²) in [6, 6.07) is 9.53. The van der Waals surface area contributed by atoms with E-state index in [-0.39, 0.29) is 19.2 Å². The van der Waals surface area contributed by atoms with Gasteiger partial charge in [-0.1, -0.05) is 19.6 Å². The molecule has 0 bridgehead atoms. The third-order valence-corrected chi connectivity index (χ3v) is 6.35. The zero-order valence-electron chi connectivity index (χ0n) is 19.6. The first-order valence-electron chi connectivity index (χ1n) is 11.7. The van der Waals surface area contributed by atoms with Gasteiger partial charge in [0.1, 0.15) is 24.8 Å². The minimum Gasteiger partial charge on any atom is -0.384 e. The molecule has 4 aromatic rings. The van der Waals surface area contributed by atoms with E-state index in [1.165, 1.54) is 4.90 Å². The number of amides is 2. The highest BCUT2D eigenvalue weighted by molar-refractivity contribution is 6.26. The number of nitrogens with zero attached hydrogens (tertiary/aromatic N) is 5. The van der Waals surface area contributed by atoms with Crippen molar-refractivity contribution < 1.29 is 18.7 Å². The van der Waals surface area contributed by atoms with Crippen LogP contribution in [-0.4, -0.2) is 38.9 Å². The lowest BCUT2D eigenvalue weighted by molar-refractivity contribution is -0.671. The van der Waals surface area contributed by atoms with E-state index in [2.05, 4.69) is 27.0 Å². The minimum absolute atomic E-state index is 0. The van der Waals surface area contributed by atoms with Crippen molar-refractivity contribution in [1.82, 2.24) is 14.0 Å². The molecule has 5 rings (SSSR count). The van der Waals surface area contributed by atoms with E-state index in [4.69, 9.17) is 0 Å². The van der Waals surface area contributed by atoms with Gasteiger partial charge in [-0.25, -0.2) is 18.3 Å². The molecule has 1 aliphatic heterocycles. The first-order chi connectivity index (χ1) is 16.5. The van der Waals surface area contributed by atoms with Crippen LogP contribution in [0, 0.1) is 0 Å². The molecule has 35 heavy (non-hydrogen) atoms. The number of hydrogen-bond donors (Lipinski definition) is 1. The summed E-state index contributed by atoms with van der Waals surface area (Å²) in [7, 11) is 3.98. The van der Waals surface area contributed by atoms with Gasteiger partial charge in [-0.3, -0.25) is 14.5 Å². The molecule has 3 heterocycles. The normalized spacial score (nSPS) is 12.8. The van der Waals surface area contributed by atoms with E-state index in [1.54, 1.807) is 0 Å². The number of hydrogen-bond acceptors (Lipinski definition) is 3. The Labute approximate surface area is 206 Å². The molecule has 2 amide bonds. The number of aromatic nitrogens is 4. The fourth-order valence-corrected chi connectivity index (χ4v) is 4.67. The van der Waals surface area contributed by atoms with Crippen LogP contribution in [0.15, 0.2) is 67.8 Å². The van der Waals surface area contributed by atoms with Crippen LogP contribution in [-0.2, 0) is 27.2 Å². The van der Waals surface area contributed by atoms with E-state index >= 15 is 0 Å². The monoisotopic (exact) mass is 474 g/mol. The molecule has 0 saturated heterocycles. The number of imide groups is 1. The smallest absolute Gasteiger partial charge is 0.261 e. The second kappa shape index (κ2) is 10.1. The van der Waals surface area contributed by atoms with Crippen molar-refractivity contribution in [2.75, 3.05) is 18.4 Å². The van der Waals surface area contributed by atoms with Gasteiger partial charge < -0.3 is 5.32 Å². The Balaban J connectivity index is 0.00000289. The summed E-state index contributed by atoms with van der Waals surface area (Å²) in [6.45, 7) is 2.86. The van der Waals surface area contributed by atoms with Crippen LogP contribution in [0.4, 0.5) is 5.69 Å². The zero-order chi connectivity index (χ0) is 23.7. The number of nitrogens with one attached hydrogen (secondary N) is 1. The van der Waals surface area contributed by atoms with Gasteiger partial charge in [0.2, 0.25) is 12.7 Å². The molecule has 0 spiro atoms. The molecule has 0 saturated carbocycles. The van der Waals surface area contributed by atoms with Crippen LogP contribution in [0.3, 0.4) is 0 Å². The third-order valence-electron chi connectivity index (χ3n) is 6.35. The summed E-state index contributed by atoms with van der Waals surface area (Å²) >= 11 is 0. The highest BCUT2D eigenvalue weighted by Gasteiger charge is 2.33. The van der Waals surface area contributed by atoms with Gasteiger partial charge in [0, 0.05) is 53.5 Å². The van der Waals surface area contributed by atoms with Crippen LogP contribution in [0.1, 0.15) is 41.0 Å². The lowest BCUT2D eigenvalue weighted by Crippen LogP contribution is -2.41. The van der Waals surface area contributed by atoms with Crippen molar-refractivity contribution in [3.63, 3.8) is 0 Å². The molecule has 2 aromatic carbocycles. The van der Waals surface area contributed by atoms with E-state index < -0.39 is 0 Å². The molecule has 8 nitrogen and oxygen atoms in total. The van der Waals surface area contributed by atoms with Gasteiger partial charge in [0.15, 0.2) is 0 Å². The van der Waals surface area contributed by atoms with Gasteiger partial charge in [0.25, 0.3) is 11.8 Å². The number of carbonyl (C=O) groups excluding carboxylic acids is 2. The predicted octanol–water partition coefficient (Wildman–Crippen LogP) is 2.92. The zero-order valence-corrected chi connectivity index (χ0v) is 19.6.